The van der Waals surface area contributed by atoms with Crippen LogP contribution in [0.4, 0.5) is 0 Å². The van der Waals surface area contributed by atoms with E-state index in [1.54, 1.807) is 24.5 Å². The number of nitrogens with zero attached hydrogens (tertiary/aromatic N) is 2. The van der Waals surface area contributed by atoms with Crippen molar-refractivity contribution in [2.45, 2.75) is 29.1 Å². The lowest BCUT2D eigenvalue weighted by molar-refractivity contribution is -0.0643. The van der Waals surface area contributed by atoms with Crippen LogP contribution < -0.4 is 0 Å². The summed E-state index contributed by atoms with van der Waals surface area (Å²) in [7, 11) is -3.57. The number of fused-ring (bicyclic) bond motifs is 1. The van der Waals surface area contributed by atoms with Crippen molar-refractivity contribution in [2.75, 3.05) is 13.1 Å². The molecule has 0 unspecified atom stereocenters. The second-order valence-corrected chi connectivity index (χ2v) is 10.7. The first-order chi connectivity index (χ1) is 11.9. The molecule has 0 amide bonds. The number of aliphatic hydroxyl groups is 1. The smallest absolute Gasteiger partial charge is 0.252 e. The molecule has 134 valence electrons. The van der Waals surface area contributed by atoms with Gasteiger partial charge in [-0.15, -0.1) is 11.3 Å². The van der Waals surface area contributed by atoms with Gasteiger partial charge in [0.05, 0.1) is 9.94 Å². The van der Waals surface area contributed by atoms with Gasteiger partial charge in [0.15, 0.2) is 0 Å². The van der Waals surface area contributed by atoms with Crippen molar-refractivity contribution >= 4 is 33.0 Å². The molecule has 1 saturated heterocycles. The van der Waals surface area contributed by atoms with Gasteiger partial charge in [0.2, 0.25) is 0 Å². The predicted octanol–water partition coefficient (Wildman–Crippen LogP) is 3.10. The van der Waals surface area contributed by atoms with Gasteiger partial charge in [0, 0.05) is 37.0 Å². The highest BCUT2D eigenvalue weighted by Crippen LogP contribution is 2.49. The molecule has 1 aliphatic carbocycles. The van der Waals surface area contributed by atoms with E-state index in [0.717, 1.165) is 29.7 Å². The minimum absolute atomic E-state index is 0.115. The third kappa shape index (κ3) is 2.92. The summed E-state index contributed by atoms with van der Waals surface area (Å²) in [4.78, 5) is 4.13. The molecular formula is C17H19ClN2O3S2. The largest absolute Gasteiger partial charge is 0.385 e. The van der Waals surface area contributed by atoms with E-state index in [4.69, 9.17) is 11.6 Å². The predicted molar refractivity (Wildman–Crippen MR) is 97.1 cm³/mol. The van der Waals surface area contributed by atoms with Crippen molar-refractivity contribution in [3.63, 3.8) is 0 Å². The van der Waals surface area contributed by atoms with E-state index in [9.17, 15) is 13.5 Å². The van der Waals surface area contributed by atoms with Crippen LogP contribution >= 0.6 is 22.9 Å². The summed E-state index contributed by atoms with van der Waals surface area (Å²) < 4.78 is 28.1. The zero-order valence-electron chi connectivity index (χ0n) is 13.5. The average Bonchev–Trinajstić information content (AvgIpc) is 3.24. The Morgan fingerprint density at radius 3 is 2.84 bits per heavy atom. The van der Waals surface area contributed by atoms with Crippen LogP contribution in [-0.4, -0.2) is 35.9 Å². The average molecular weight is 399 g/mol. The Labute approximate surface area is 156 Å². The molecule has 0 radical (unpaired) electrons. The number of aromatic nitrogens is 1. The summed E-state index contributed by atoms with van der Waals surface area (Å²) in [5.74, 6) is 0.0415. The maximum atomic E-state index is 12.9. The zero-order chi connectivity index (χ0) is 17.7. The van der Waals surface area contributed by atoms with Gasteiger partial charge < -0.3 is 5.11 Å². The van der Waals surface area contributed by atoms with Gasteiger partial charge in [0.1, 0.15) is 4.21 Å². The number of pyridine rings is 1. The summed E-state index contributed by atoms with van der Waals surface area (Å²) in [6.07, 6.45) is 5.83. The van der Waals surface area contributed by atoms with Crippen LogP contribution in [0.5, 0.6) is 0 Å². The van der Waals surface area contributed by atoms with Crippen molar-refractivity contribution in [3.05, 3.63) is 46.6 Å². The van der Waals surface area contributed by atoms with E-state index in [-0.39, 0.29) is 16.0 Å². The van der Waals surface area contributed by atoms with Crippen LogP contribution in [0.25, 0.3) is 0 Å². The number of hydrogen-bond donors (Lipinski definition) is 1. The fraction of sp³-hybridized carbons (Fsp3) is 0.471. The van der Waals surface area contributed by atoms with E-state index in [2.05, 4.69) is 4.98 Å². The Morgan fingerprint density at radius 2 is 2.16 bits per heavy atom. The Balaban J connectivity index is 1.65. The molecule has 4 rings (SSSR count). The molecule has 3 atom stereocenters. The third-order valence-electron chi connectivity index (χ3n) is 5.46. The van der Waals surface area contributed by atoms with E-state index < -0.39 is 15.6 Å². The van der Waals surface area contributed by atoms with Crippen LogP contribution in [0.15, 0.2) is 40.9 Å². The number of sulfonamides is 1. The number of halogens is 1. The van der Waals surface area contributed by atoms with Crippen molar-refractivity contribution in [1.29, 1.82) is 0 Å². The molecule has 3 heterocycles. The molecular weight excluding hydrogens is 380 g/mol. The van der Waals surface area contributed by atoms with Gasteiger partial charge in [-0.2, -0.15) is 4.31 Å². The molecule has 8 heteroatoms. The molecule has 5 nitrogen and oxygen atoms in total. The third-order valence-corrected chi connectivity index (χ3v) is 8.99. The molecule has 1 saturated carbocycles. The molecule has 25 heavy (non-hydrogen) atoms. The van der Waals surface area contributed by atoms with Crippen molar-refractivity contribution in [1.82, 2.24) is 9.29 Å². The monoisotopic (exact) mass is 398 g/mol. The Hall–Kier alpha value is -0.990. The highest BCUT2D eigenvalue weighted by molar-refractivity contribution is 7.91. The minimum Gasteiger partial charge on any atom is -0.385 e. The fourth-order valence-electron chi connectivity index (χ4n) is 4.22. The maximum absolute atomic E-state index is 12.9. The lowest BCUT2D eigenvalue weighted by Gasteiger charge is -2.41. The molecule has 0 aromatic carbocycles. The van der Waals surface area contributed by atoms with Crippen LogP contribution in [0.1, 0.15) is 24.8 Å². The molecule has 1 N–H and O–H groups in total. The first kappa shape index (κ1) is 17.4. The zero-order valence-corrected chi connectivity index (χ0v) is 15.9. The molecule has 2 aliphatic rings. The van der Waals surface area contributed by atoms with Crippen LogP contribution in [0.2, 0.25) is 4.34 Å². The lowest BCUT2D eigenvalue weighted by Crippen LogP contribution is -2.43. The van der Waals surface area contributed by atoms with E-state index in [1.165, 1.54) is 4.31 Å². The summed E-state index contributed by atoms with van der Waals surface area (Å²) in [5, 5.41) is 11.4. The Morgan fingerprint density at radius 1 is 1.32 bits per heavy atom. The van der Waals surface area contributed by atoms with Gasteiger partial charge in [0.25, 0.3) is 10.0 Å². The highest BCUT2D eigenvalue weighted by atomic mass is 35.5. The highest BCUT2D eigenvalue weighted by Gasteiger charge is 2.52. The standard InChI is InChI=1S/C17H19ClN2O3S2/c18-15-5-6-16(24-15)25(22,23)20-10-12-3-1-7-17(21,14(12)11-20)13-4-2-8-19-9-13/h2,4-6,8-9,12,14,21H,1,3,7,10-11H2/t12-,14+,17-/m0/s1. The SMILES string of the molecule is O=S(=O)(c1ccc(Cl)s1)N1C[C@@H]2CCC[C@](O)(c3cccnc3)[C@@H]2C1. The minimum atomic E-state index is -3.57. The van der Waals surface area contributed by atoms with Crippen molar-refractivity contribution in [3.8, 4) is 0 Å². The van der Waals surface area contributed by atoms with Gasteiger partial charge in [-0.05, 0) is 43.4 Å². The summed E-state index contributed by atoms with van der Waals surface area (Å²) in [6, 6.07) is 6.85. The summed E-state index contributed by atoms with van der Waals surface area (Å²) >= 11 is 6.98. The first-order valence-corrected chi connectivity index (χ1v) is 10.9. The Bertz CT molecular complexity index is 871. The molecule has 1 aliphatic heterocycles. The van der Waals surface area contributed by atoms with Crippen molar-refractivity contribution in [2.24, 2.45) is 11.8 Å². The number of hydrogen-bond acceptors (Lipinski definition) is 5. The van der Waals surface area contributed by atoms with Gasteiger partial charge >= 0.3 is 0 Å². The molecule has 2 aromatic rings. The van der Waals surface area contributed by atoms with E-state index in [1.807, 2.05) is 12.1 Å². The van der Waals surface area contributed by atoms with Gasteiger partial charge in [-0.3, -0.25) is 4.98 Å². The molecule has 0 bridgehead atoms. The molecule has 2 fully saturated rings. The summed E-state index contributed by atoms with van der Waals surface area (Å²) in [6.45, 7) is 0.777. The van der Waals surface area contributed by atoms with Crippen LogP contribution in [0.3, 0.4) is 0 Å². The lowest BCUT2D eigenvalue weighted by atomic mass is 9.68. The van der Waals surface area contributed by atoms with Gasteiger partial charge in [-0.25, -0.2) is 8.42 Å². The van der Waals surface area contributed by atoms with Crippen molar-refractivity contribution < 1.29 is 13.5 Å². The Kier molecular flexibility index (Phi) is 4.40. The number of thiophene rings is 1. The van der Waals surface area contributed by atoms with E-state index in [0.29, 0.717) is 23.8 Å². The second-order valence-electron chi connectivity index (χ2n) is 6.81. The molecule has 2 aromatic heterocycles. The summed E-state index contributed by atoms with van der Waals surface area (Å²) in [5.41, 5.74) is -0.239. The van der Waals surface area contributed by atoms with Gasteiger partial charge in [-0.1, -0.05) is 17.7 Å². The van der Waals surface area contributed by atoms with Crippen LogP contribution in [0, 0.1) is 11.8 Å². The van der Waals surface area contributed by atoms with E-state index >= 15 is 0 Å². The normalized spacial score (nSPS) is 30.3. The topological polar surface area (TPSA) is 70.5 Å². The second kappa shape index (κ2) is 6.32. The molecule has 0 spiro atoms. The van der Waals surface area contributed by atoms with Crippen LogP contribution in [-0.2, 0) is 15.6 Å². The maximum Gasteiger partial charge on any atom is 0.252 e. The fourth-order valence-corrected chi connectivity index (χ4v) is 7.38. The number of rotatable bonds is 3. The first-order valence-electron chi connectivity index (χ1n) is 8.29. The quantitative estimate of drug-likeness (QED) is 0.862.